The second-order valence-electron chi connectivity index (χ2n) is 4.43. The summed E-state index contributed by atoms with van der Waals surface area (Å²) < 4.78 is 5.21. The summed E-state index contributed by atoms with van der Waals surface area (Å²) >= 11 is 11.8. The first-order valence-corrected chi connectivity index (χ1v) is 7.23. The quantitative estimate of drug-likeness (QED) is 0.666. The minimum Gasteiger partial charge on any atom is -0.367 e. The Balaban J connectivity index is 2.03. The number of carbonyl (C=O) groups is 1. The highest BCUT2D eigenvalue weighted by Gasteiger charge is 2.19. The van der Waals surface area contributed by atoms with Crippen LogP contribution in [0.5, 0.6) is 0 Å². The van der Waals surface area contributed by atoms with Gasteiger partial charge in [-0.15, -0.1) is 0 Å². The van der Waals surface area contributed by atoms with Crippen LogP contribution in [0.4, 0.5) is 0 Å². The van der Waals surface area contributed by atoms with E-state index in [1.165, 1.54) is 13.3 Å². The molecule has 114 valence electrons. The van der Waals surface area contributed by atoms with Crippen LogP contribution < -0.4 is 5.43 Å². The van der Waals surface area contributed by atoms with Gasteiger partial charge in [-0.3, -0.25) is 4.79 Å². The van der Waals surface area contributed by atoms with Gasteiger partial charge in [-0.25, -0.2) is 5.43 Å². The second kappa shape index (κ2) is 7.94. The fraction of sp³-hybridized carbons (Fsp3) is 0.125. The van der Waals surface area contributed by atoms with E-state index in [1.54, 1.807) is 18.2 Å². The Labute approximate surface area is 138 Å². The standard InChI is InChI=1S/C16H14Cl2N2O2/c1-22-15(11-5-3-2-4-6-11)16(21)20-19-10-12-7-8-13(17)9-14(12)18/h2-10,15H,1H3,(H,20,21)/b19-10-/t15-/m0/s1. The Morgan fingerprint density at radius 1 is 1.23 bits per heavy atom. The van der Waals surface area contributed by atoms with E-state index in [9.17, 15) is 4.79 Å². The third kappa shape index (κ3) is 4.31. The minimum atomic E-state index is -0.723. The Bertz CT molecular complexity index is 675. The SMILES string of the molecule is CO[C@H](C(=O)N/N=C\c1ccc(Cl)cc1Cl)c1ccccc1. The molecule has 0 saturated heterocycles. The summed E-state index contributed by atoms with van der Waals surface area (Å²) in [5, 5.41) is 4.89. The lowest BCUT2D eigenvalue weighted by Crippen LogP contribution is -2.26. The van der Waals surface area contributed by atoms with Gasteiger partial charge < -0.3 is 4.74 Å². The Kier molecular flexibility index (Phi) is 5.95. The molecule has 0 aromatic heterocycles. The maximum atomic E-state index is 12.1. The van der Waals surface area contributed by atoms with Crippen LogP contribution >= 0.6 is 23.2 Å². The molecule has 0 aliphatic rings. The van der Waals surface area contributed by atoms with Gasteiger partial charge in [0.15, 0.2) is 6.10 Å². The highest BCUT2D eigenvalue weighted by molar-refractivity contribution is 6.36. The molecule has 0 aliphatic carbocycles. The molecule has 22 heavy (non-hydrogen) atoms. The van der Waals surface area contributed by atoms with Gasteiger partial charge in [0.1, 0.15) is 0 Å². The zero-order valence-electron chi connectivity index (χ0n) is 11.8. The van der Waals surface area contributed by atoms with Crippen LogP contribution in [0.15, 0.2) is 53.6 Å². The Morgan fingerprint density at radius 2 is 1.95 bits per heavy atom. The number of carbonyl (C=O) groups excluding carboxylic acids is 1. The number of amides is 1. The molecule has 2 aromatic rings. The third-order valence-electron chi connectivity index (χ3n) is 2.92. The number of nitrogens with one attached hydrogen (secondary N) is 1. The van der Waals surface area contributed by atoms with Gasteiger partial charge in [0.05, 0.1) is 11.2 Å². The van der Waals surface area contributed by atoms with Crippen LogP contribution in [0.3, 0.4) is 0 Å². The smallest absolute Gasteiger partial charge is 0.273 e. The van der Waals surface area contributed by atoms with Gasteiger partial charge in [0.2, 0.25) is 0 Å². The monoisotopic (exact) mass is 336 g/mol. The highest BCUT2D eigenvalue weighted by Crippen LogP contribution is 2.19. The largest absolute Gasteiger partial charge is 0.367 e. The van der Waals surface area contributed by atoms with Crippen molar-refractivity contribution in [2.75, 3.05) is 7.11 Å². The maximum Gasteiger partial charge on any atom is 0.273 e. The van der Waals surface area contributed by atoms with Gasteiger partial charge in [0, 0.05) is 17.7 Å². The number of rotatable bonds is 5. The summed E-state index contributed by atoms with van der Waals surface area (Å²) in [5.41, 5.74) is 3.84. The molecule has 0 aliphatic heterocycles. The second-order valence-corrected chi connectivity index (χ2v) is 5.27. The van der Waals surface area contributed by atoms with Crippen molar-refractivity contribution in [3.8, 4) is 0 Å². The van der Waals surface area contributed by atoms with Gasteiger partial charge in [-0.1, -0.05) is 59.6 Å². The Morgan fingerprint density at radius 3 is 2.59 bits per heavy atom. The molecule has 1 atom stereocenters. The van der Waals surface area contributed by atoms with Crippen molar-refractivity contribution in [3.63, 3.8) is 0 Å². The summed E-state index contributed by atoms with van der Waals surface area (Å²) in [7, 11) is 1.47. The van der Waals surface area contributed by atoms with E-state index in [4.69, 9.17) is 27.9 Å². The molecule has 0 saturated carbocycles. The number of hydrogen-bond acceptors (Lipinski definition) is 3. The molecule has 0 bridgehead atoms. The fourth-order valence-corrected chi connectivity index (χ4v) is 2.31. The van der Waals surface area contributed by atoms with Crippen molar-refractivity contribution < 1.29 is 9.53 Å². The molecule has 2 rings (SSSR count). The summed E-state index contributed by atoms with van der Waals surface area (Å²) in [6.45, 7) is 0. The normalized spacial score (nSPS) is 12.3. The van der Waals surface area contributed by atoms with Crippen molar-refractivity contribution in [1.82, 2.24) is 5.43 Å². The first kappa shape index (κ1) is 16.5. The predicted octanol–water partition coefficient (Wildman–Crippen LogP) is 3.83. The van der Waals surface area contributed by atoms with Gasteiger partial charge in [0.25, 0.3) is 5.91 Å². The summed E-state index contributed by atoms with van der Waals surface area (Å²) in [6, 6.07) is 14.2. The molecular formula is C16H14Cl2N2O2. The zero-order chi connectivity index (χ0) is 15.9. The van der Waals surface area contributed by atoms with Crippen LogP contribution in [0.2, 0.25) is 10.0 Å². The van der Waals surface area contributed by atoms with Crippen molar-refractivity contribution in [1.29, 1.82) is 0 Å². The van der Waals surface area contributed by atoms with Gasteiger partial charge in [-0.2, -0.15) is 5.10 Å². The van der Waals surface area contributed by atoms with Crippen LogP contribution in [-0.4, -0.2) is 19.2 Å². The molecule has 0 spiro atoms. The average molecular weight is 337 g/mol. The summed E-state index contributed by atoms with van der Waals surface area (Å²) in [5.74, 6) is -0.366. The van der Waals surface area contributed by atoms with E-state index in [2.05, 4.69) is 10.5 Å². The molecule has 0 radical (unpaired) electrons. The van der Waals surface area contributed by atoms with E-state index in [1.807, 2.05) is 30.3 Å². The van der Waals surface area contributed by atoms with E-state index >= 15 is 0 Å². The molecule has 0 unspecified atom stereocenters. The number of ether oxygens (including phenoxy) is 1. The lowest BCUT2D eigenvalue weighted by atomic mass is 10.1. The maximum absolute atomic E-state index is 12.1. The molecule has 0 heterocycles. The number of hydrazone groups is 1. The first-order chi connectivity index (χ1) is 10.6. The van der Waals surface area contributed by atoms with Crippen molar-refractivity contribution in [3.05, 3.63) is 69.7 Å². The van der Waals surface area contributed by atoms with E-state index in [0.29, 0.717) is 15.6 Å². The predicted molar refractivity (Wildman–Crippen MR) is 88.4 cm³/mol. The number of halogens is 2. The summed E-state index contributed by atoms with van der Waals surface area (Å²) in [4.78, 5) is 12.1. The van der Waals surface area contributed by atoms with Crippen LogP contribution in [0.25, 0.3) is 0 Å². The van der Waals surface area contributed by atoms with Crippen LogP contribution in [-0.2, 0) is 9.53 Å². The molecule has 1 N–H and O–H groups in total. The van der Waals surface area contributed by atoms with Crippen molar-refractivity contribution >= 4 is 35.3 Å². The van der Waals surface area contributed by atoms with Crippen LogP contribution in [0.1, 0.15) is 17.2 Å². The van der Waals surface area contributed by atoms with Crippen molar-refractivity contribution in [2.24, 2.45) is 5.10 Å². The number of benzene rings is 2. The van der Waals surface area contributed by atoms with Crippen LogP contribution in [0, 0.1) is 0 Å². The van der Waals surface area contributed by atoms with Gasteiger partial charge in [-0.05, 0) is 17.7 Å². The molecule has 4 nitrogen and oxygen atoms in total. The molecule has 1 amide bonds. The molecule has 0 fully saturated rings. The number of nitrogens with zero attached hydrogens (tertiary/aromatic N) is 1. The third-order valence-corrected chi connectivity index (χ3v) is 3.48. The van der Waals surface area contributed by atoms with Gasteiger partial charge >= 0.3 is 0 Å². The fourth-order valence-electron chi connectivity index (χ4n) is 1.85. The van der Waals surface area contributed by atoms with E-state index in [0.717, 1.165) is 5.56 Å². The van der Waals surface area contributed by atoms with Crippen molar-refractivity contribution in [2.45, 2.75) is 6.10 Å². The summed E-state index contributed by atoms with van der Waals surface area (Å²) in [6.07, 6.45) is 0.730. The zero-order valence-corrected chi connectivity index (χ0v) is 13.3. The van der Waals surface area contributed by atoms with E-state index < -0.39 is 6.10 Å². The first-order valence-electron chi connectivity index (χ1n) is 6.47. The molecule has 2 aromatic carbocycles. The lowest BCUT2D eigenvalue weighted by molar-refractivity contribution is -0.131. The number of methoxy groups -OCH3 is 1. The minimum absolute atomic E-state index is 0.366. The lowest BCUT2D eigenvalue weighted by Gasteiger charge is -2.13. The molecule has 6 heteroatoms. The topological polar surface area (TPSA) is 50.7 Å². The Hall–Kier alpha value is -1.88. The van der Waals surface area contributed by atoms with E-state index in [-0.39, 0.29) is 5.91 Å². The number of hydrogen-bond donors (Lipinski definition) is 1. The average Bonchev–Trinajstić information content (AvgIpc) is 2.51. The molecular weight excluding hydrogens is 323 g/mol. The highest BCUT2D eigenvalue weighted by atomic mass is 35.5.